The smallest absolute Gasteiger partial charge is 0.272 e. The highest BCUT2D eigenvalue weighted by Gasteiger charge is 2.49. The zero-order chi connectivity index (χ0) is 31.5. The molecule has 7 rings (SSSR count). The predicted octanol–water partition coefficient (Wildman–Crippen LogP) is 7.56. The maximum absolute atomic E-state index is 13.3. The number of rotatable bonds is 10. The van der Waals surface area contributed by atoms with Crippen LogP contribution in [0.4, 0.5) is 8.78 Å². The zero-order valence-corrected chi connectivity index (χ0v) is 27.6. The molecule has 0 amide bonds. The molecule has 4 heterocycles. The second kappa shape index (κ2) is 11.4. The summed E-state index contributed by atoms with van der Waals surface area (Å²) in [4.78, 5) is 16.1. The van der Waals surface area contributed by atoms with Gasteiger partial charge in [0.05, 0.1) is 48.3 Å². The number of fused-ring (bicyclic) bond motifs is 2. The fourth-order valence-electron chi connectivity index (χ4n) is 5.93. The Hall–Kier alpha value is -3.45. The van der Waals surface area contributed by atoms with Crippen molar-refractivity contribution in [3.05, 3.63) is 59.8 Å². The predicted molar refractivity (Wildman–Crippen MR) is 173 cm³/mol. The third-order valence-corrected chi connectivity index (χ3v) is 10.8. The van der Waals surface area contributed by atoms with Gasteiger partial charge in [-0.05, 0) is 50.1 Å². The van der Waals surface area contributed by atoms with Crippen LogP contribution in [0.5, 0.6) is 11.5 Å². The van der Waals surface area contributed by atoms with Gasteiger partial charge >= 0.3 is 0 Å². The lowest BCUT2D eigenvalue weighted by Crippen LogP contribution is -2.62. The van der Waals surface area contributed by atoms with Gasteiger partial charge in [-0.2, -0.15) is 5.10 Å². The minimum absolute atomic E-state index is 0.139. The van der Waals surface area contributed by atoms with Crippen LogP contribution >= 0.6 is 11.6 Å². The van der Waals surface area contributed by atoms with Crippen LogP contribution in [0, 0.1) is 6.92 Å². The van der Waals surface area contributed by atoms with Crippen molar-refractivity contribution in [1.29, 1.82) is 0 Å². The Labute approximate surface area is 266 Å². The summed E-state index contributed by atoms with van der Waals surface area (Å²) in [5.41, 5.74) is 4.26. The number of aryl methyl sites for hydroxylation is 1. The van der Waals surface area contributed by atoms with Crippen LogP contribution in [0.25, 0.3) is 33.3 Å². The lowest BCUT2D eigenvalue weighted by atomic mass is 9.83. The molecule has 13 heteroatoms. The summed E-state index contributed by atoms with van der Waals surface area (Å²) in [5, 5.41) is 4.89. The topological polar surface area (TPSA) is 83.1 Å². The van der Waals surface area contributed by atoms with Gasteiger partial charge < -0.3 is 14.0 Å². The first-order valence-electron chi connectivity index (χ1n) is 15.3. The molecule has 5 aromatic rings. The summed E-state index contributed by atoms with van der Waals surface area (Å²) in [6, 6.07) is 10.9. The van der Waals surface area contributed by atoms with Crippen molar-refractivity contribution >= 4 is 41.7 Å². The third-order valence-electron chi connectivity index (χ3n) is 8.73. The van der Waals surface area contributed by atoms with E-state index in [1.807, 2.05) is 47.0 Å². The summed E-state index contributed by atoms with van der Waals surface area (Å²) in [7, 11) is -1.18. The van der Waals surface area contributed by atoms with Crippen molar-refractivity contribution in [2.24, 2.45) is 0 Å². The summed E-state index contributed by atoms with van der Waals surface area (Å²) in [6.07, 6.45) is 7.01. The molecule has 9 nitrogen and oxygen atoms in total. The highest BCUT2D eigenvalue weighted by Crippen LogP contribution is 2.42. The van der Waals surface area contributed by atoms with E-state index in [4.69, 9.17) is 31.0 Å². The van der Waals surface area contributed by atoms with Crippen LogP contribution < -0.4 is 4.74 Å². The number of alkyl halides is 2. The highest BCUT2D eigenvalue weighted by atomic mass is 35.5. The number of hydrogen-bond donors (Lipinski definition) is 0. The quantitative estimate of drug-likeness (QED) is 0.114. The van der Waals surface area contributed by atoms with Gasteiger partial charge in [-0.3, -0.25) is 14.6 Å². The van der Waals surface area contributed by atoms with Crippen LogP contribution in [0.15, 0.2) is 48.9 Å². The standard InChI is InChI=1S/C32H36ClF2N7O2Si/c1-20-38-31-26(41(20)19-43-10-11-45(2,3)4)6-5-7-28(31)44-27-9-8-24-30(29(27)33)39-25(15-36-24)21-14-37-42(16-21)23-12-22(13-23)40-17-32(34,35)18-40/h5-9,14-16,22-23H,10-13,17-19H2,1-4H3. The first-order valence-corrected chi connectivity index (χ1v) is 19.4. The lowest BCUT2D eigenvalue weighted by molar-refractivity contribution is -0.160. The van der Waals surface area contributed by atoms with Gasteiger partial charge in [-0.1, -0.05) is 37.3 Å². The summed E-state index contributed by atoms with van der Waals surface area (Å²) >= 11 is 6.88. The number of hydrogen-bond acceptors (Lipinski definition) is 7. The average molecular weight is 652 g/mol. The van der Waals surface area contributed by atoms with Gasteiger partial charge in [0.1, 0.15) is 34.4 Å². The molecule has 1 saturated carbocycles. The Morgan fingerprint density at radius 2 is 1.80 bits per heavy atom. The van der Waals surface area contributed by atoms with E-state index in [1.54, 1.807) is 18.5 Å². The largest absolute Gasteiger partial charge is 0.453 e. The van der Waals surface area contributed by atoms with Crippen LogP contribution in [0.1, 0.15) is 24.7 Å². The number of likely N-dealkylation sites (tertiary alicyclic amines) is 1. The molecule has 0 bridgehead atoms. The van der Waals surface area contributed by atoms with E-state index in [-0.39, 0.29) is 25.2 Å². The molecular weight excluding hydrogens is 616 g/mol. The molecule has 2 aliphatic rings. The Morgan fingerprint density at radius 1 is 1.00 bits per heavy atom. The van der Waals surface area contributed by atoms with Gasteiger partial charge in [0.25, 0.3) is 5.92 Å². The molecule has 1 aliphatic heterocycles. The number of benzene rings is 2. The summed E-state index contributed by atoms with van der Waals surface area (Å²) in [5.74, 6) is -0.658. The molecule has 2 fully saturated rings. The van der Waals surface area contributed by atoms with Gasteiger partial charge in [0.2, 0.25) is 0 Å². The van der Waals surface area contributed by atoms with Crippen molar-refractivity contribution in [3.63, 3.8) is 0 Å². The number of nitrogens with zero attached hydrogens (tertiary/aromatic N) is 7. The fraction of sp³-hybridized carbons (Fsp3) is 0.438. The molecule has 0 atom stereocenters. The maximum Gasteiger partial charge on any atom is 0.272 e. The minimum atomic E-state index is -2.54. The number of halogens is 3. The SMILES string of the molecule is Cc1nc2c(Oc3ccc4ncc(-c5cnn(C6CC(N7CC(F)(F)C7)C6)c5)nc4c3Cl)cccc2n1COCC[Si](C)(C)C. The first-order chi connectivity index (χ1) is 21.4. The molecule has 2 aromatic carbocycles. The second-order valence-corrected chi connectivity index (χ2v) is 19.4. The van der Waals surface area contributed by atoms with E-state index in [9.17, 15) is 8.78 Å². The first kappa shape index (κ1) is 30.2. The van der Waals surface area contributed by atoms with E-state index in [1.165, 1.54) is 0 Å². The Morgan fingerprint density at radius 3 is 2.56 bits per heavy atom. The molecule has 0 spiro atoms. The van der Waals surface area contributed by atoms with Crippen molar-refractivity contribution in [1.82, 2.24) is 34.2 Å². The van der Waals surface area contributed by atoms with E-state index in [0.717, 1.165) is 47.9 Å². The maximum atomic E-state index is 13.3. The second-order valence-electron chi connectivity index (χ2n) is 13.4. The Balaban J connectivity index is 1.08. The molecule has 0 unspecified atom stereocenters. The fourth-order valence-corrected chi connectivity index (χ4v) is 6.93. The van der Waals surface area contributed by atoms with E-state index in [0.29, 0.717) is 40.0 Å². The molecule has 45 heavy (non-hydrogen) atoms. The highest BCUT2D eigenvalue weighted by molar-refractivity contribution is 6.76. The van der Waals surface area contributed by atoms with Crippen molar-refractivity contribution in [3.8, 4) is 22.8 Å². The number of para-hydroxylation sites is 1. The van der Waals surface area contributed by atoms with Crippen molar-refractivity contribution < 1.29 is 18.3 Å². The normalized spacial score (nSPS) is 20.0. The molecule has 1 aliphatic carbocycles. The van der Waals surface area contributed by atoms with Crippen LogP contribution in [0.2, 0.25) is 30.7 Å². The van der Waals surface area contributed by atoms with Gasteiger partial charge in [0.15, 0.2) is 5.75 Å². The van der Waals surface area contributed by atoms with Gasteiger partial charge in [-0.25, -0.2) is 18.7 Å². The molecule has 3 aromatic heterocycles. The van der Waals surface area contributed by atoms with Crippen LogP contribution in [-0.4, -0.2) is 73.9 Å². The molecule has 0 radical (unpaired) electrons. The van der Waals surface area contributed by atoms with Crippen molar-refractivity contribution in [2.45, 2.75) is 70.2 Å². The Kier molecular flexibility index (Phi) is 7.66. The van der Waals surface area contributed by atoms with E-state index >= 15 is 0 Å². The Bertz CT molecular complexity index is 1880. The van der Waals surface area contributed by atoms with Gasteiger partial charge in [-0.15, -0.1) is 0 Å². The molecular formula is C32H36ClF2N7O2Si. The van der Waals surface area contributed by atoms with E-state index < -0.39 is 14.0 Å². The summed E-state index contributed by atoms with van der Waals surface area (Å²) in [6.45, 7) is 9.86. The van der Waals surface area contributed by atoms with Crippen molar-refractivity contribution in [2.75, 3.05) is 19.7 Å². The van der Waals surface area contributed by atoms with Gasteiger partial charge in [0, 0.05) is 32.5 Å². The molecule has 0 N–H and O–H groups in total. The van der Waals surface area contributed by atoms with Crippen LogP contribution in [-0.2, 0) is 11.5 Å². The minimum Gasteiger partial charge on any atom is -0.453 e. The monoisotopic (exact) mass is 651 g/mol. The number of imidazole rings is 1. The lowest BCUT2D eigenvalue weighted by Gasteiger charge is -2.50. The summed E-state index contributed by atoms with van der Waals surface area (Å²) < 4.78 is 42.8. The number of ether oxygens (including phenoxy) is 2. The number of aromatic nitrogens is 6. The zero-order valence-electron chi connectivity index (χ0n) is 25.8. The van der Waals surface area contributed by atoms with Crippen LogP contribution in [0.3, 0.4) is 0 Å². The average Bonchev–Trinajstić information content (AvgIpc) is 3.55. The van der Waals surface area contributed by atoms with E-state index in [2.05, 4.69) is 34.3 Å². The third kappa shape index (κ3) is 6.08. The molecule has 1 saturated heterocycles. The molecule has 236 valence electrons.